The third-order valence-electron chi connectivity index (χ3n) is 9.18. The minimum Gasteiger partial charge on any atom is -0.465 e. The minimum atomic E-state index is -3.01. The lowest BCUT2D eigenvalue weighted by molar-refractivity contribution is -0.119. The molecule has 1 aliphatic carbocycles. The van der Waals surface area contributed by atoms with E-state index in [0.29, 0.717) is 32.1 Å². The summed E-state index contributed by atoms with van der Waals surface area (Å²) in [4.78, 5) is 30.2. The smallest absolute Gasteiger partial charge is 0.408 e. The molecule has 1 atom stereocenters. The Morgan fingerprint density at radius 3 is 1.64 bits per heavy atom. The zero-order chi connectivity index (χ0) is 31.7. The Morgan fingerprint density at radius 1 is 0.800 bits per heavy atom. The van der Waals surface area contributed by atoms with Crippen molar-refractivity contribution in [2.24, 2.45) is 0 Å². The minimum absolute atomic E-state index is 0.145. The molecule has 1 aliphatic rings. The van der Waals surface area contributed by atoms with E-state index in [1.165, 1.54) is 4.90 Å². The van der Waals surface area contributed by atoms with E-state index in [9.17, 15) is 15.2 Å². The molecule has 0 bridgehead atoms. The summed E-state index contributed by atoms with van der Waals surface area (Å²) < 4.78 is 0. The van der Waals surface area contributed by atoms with Gasteiger partial charge in [0.05, 0.1) is 11.6 Å². The van der Waals surface area contributed by atoms with Crippen molar-refractivity contribution in [1.82, 2.24) is 4.90 Å². The summed E-state index contributed by atoms with van der Waals surface area (Å²) in [7, 11) is 0. The molecule has 1 N–H and O–H groups in total. The first-order valence-electron chi connectivity index (χ1n) is 15.9. The van der Waals surface area contributed by atoms with Gasteiger partial charge in [-0.05, 0) is 54.0 Å². The Hall–Kier alpha value is -4.39. The number of rotatable bonds is 12. The van der Waals surface area contributed by atoms with E-state index in [1.54, 1.807) is 0 Å². The summed E-state index contributed by atoms with van der Waals surface area (Å²) in [5.41, 5.74) is 0.325. The van der Waals surface area contributed by atoms with Gasteiger partial charge in [0, 0.05) is 0 Å². The second-order valence-corrected chi connectivity index (χ2v) is 15.2. The molecule has 0 spiro atoms. The maximum Gasteiger partial charge on any atom is 0.408 e. The van der Waals surface area contributed by atoms with Crippen LogP contribution in [0.5, 0.6) is 0 Å². The number of carbonyl (C=O) groups excluding carboxylic acids is 1. The highest BCUT2D eigenvalue weighted by atomic mass is 31.2. The van der Waals surface area contributed by atoms with Gasteiger partial charge in [-0.15, -0.1) is 0 Å². The van der Waals surface area contributed by atoms with Crippen molar-refractivity contribution in [1.29, 1.82) is 5.26 Å². The topological polar surface area (TPSA) is 81.4 Å². The first-order chi connectivity index (χ1) is 22.0. The van der Waals surface area contributed by atoms with Crippen LogP contribution in [0.15, 0.2) is 121 Å². The number of benzene rings is 4. The van der Waals surface area contributed by atoms with Crippen LogP contribution in [0.4, 0.5) is 4.79 Å². The number of hydrogen-bond acceptors (Lipinski definition) is 3. The molecular formula is C39H41N2O3P. The quantitative estimate of drug-likeness (QED) is 0.169. The van der Waals surface area contributed by atoms with Crippen LogP contribution < -0.4 is 15.9 Å². The molecule has 6 heteroatoms. The zero-order valence-corrected chi connectivity index (χ0v) is 26.8. The lowest BCUT2D eigenvalue weighted by Crippen LogP contribution is -2.59. The predicted molar refractivity (Wildman–Crippen MR) is 185 cm³/mol. The molecule has 1 saturated carbocycles. The van der Waals surface area contributed by atoms with Crippen LogP contribution >= 0.6 is 6.89 Å². The molecule has 45 heavy (non-hydrogen) atoms. The van der Waals surface area contributed by atoms with Crippen LogP contribution in [0.25, 0.3) is 0 Å². The van der Waals surface area contributed by atoms with Crippen LogP contribution in [0.2, 0.25) is 0 Å². The lowest BCUT2D eigenvalue weighted by Gasteiger charge is -2.44. The summed E-state index contributed by atoms with van der Waals surface area (Å²) in [6.07, 6.45) is 4.45. The first-order valence-corrected chi connectivity index (χ1v) is 17.7. The SMILES string of the molecule is CCCC[C@@H](C(=O)C(C#N)=P(c1ccccc1)(c1ccccc1)c1ccccc1)N(C(=O)O)C1(Cc2ccccc2)CCCC1. The van der Waals surface area contributed by atoms with Crippen molar-refractivity contribution in [3.8, 4) is 6.07 Å². The fourth-order valence-electron chi connectivity index (χ4n) is 7.20. The molecule has 5 nitrogen and oxygen atoms in total. The molecule has 0 radical (unpaired) electrons. The van der Waals surface area contributed by atoms with E-state index in [4.69, 9.17) is 0 Å². The Kier molecular flexibility index (Phi) is 10.4. The van der Waals surface area contributed by atoms with E-state index < -0.39 is 24.6 Å². The number of amides is 1. The lowest BCUT2D eigenvalue weighted by atomic mass is 9.84. The summed E-state index contributed by atoms with van der Waals surface area (Å²) in [6, 6.07) is 40.9. The highest BCUT2D eigenvalue weighted by molar-refractivity contribution is 7.97. The zero-order valence-electron chi connectivity index (χ0n) is 25.9. The molecule has 4 aromatic carbocycles. The molecule has 1 amide bonds. The third kappa shape index (κ3) is 6.39. The van der Waals surface area contributed by atoms with Crippen molar-refractivity contribution >= 4 is 40.0 Å². The van der Waals surface area contributed by atoms with E-state index in [-0.39, 0.29) is 11.1 Å². The average molecular weight is 617 g/mol. The highest BCUT2D eigenvalue weighted by Gasteiger charge is 2.49. The number of hydrogen-bond donors (Lipinski definition) is 1. The number of nitriles is 1. The fourth-order valence-corrected chi connectivity index (χ4v) is 11.4. The number of ketones is 1. The van der Waals surface area contributed by atoms with E-state index in [1.807, 2.05) is 128 Å². The van der Waals surface area contributed by atoms with Gasteiger partial charge in [-0.2, -0.15) is 5.26 Å². The highest BCUT2D eigenvalue weighted by Crippen LogP contribution is 2.47. The molecule has 5 rings (SSSR count). The summed E-state index contributed by atoms with van der Waals surface area (Å²) >= 11 is 0. The first kappa shape index (κ1) is 32.0. The van der Waals surface area contributed by atoms with Gasteiger partial charge in [0.2, 0.25) is 0 Å². The van der Waals surface area contributed by atoms with Crippen molar-refractivity contribution in [3.63, 3.8) is 0 Å². The summed E-state index contributed by atoms with van der Waals surface area (Å²) in [5, 5.41) is 24.9. The van der Waals surface area contributed by atoms with Crippen LogP contribution in [-0.2, 0) is 11.2 Å². The normalized spacial score (nSPS) is 14.7. The molecule has 0 heterocycles. The second-order valence-electron chi connectivity index (χ2n) is 11.9. The maximum absolute atomic E-state index is 15.3. The largest absolute Gasteiger partial charge is 0.465 e. The van der Waals surface area contributed by atoms with Gasteiger partial charge in [-0.3, -0.25) is 9.69 Å². The third-order valence-corrected chi connectivity index (χ3v) is 13.4. The van der Waals surface area contributed by atoms with Gasteiger partial charge >= 0.3 is 6.09 Å². The number of Topliss-reactive ketones (excluding diaryl/α,β-unsaturated/α-hetero) is 1. The van der Waals surface area contributed by atoms with Gasteiger partial charge < -0.3 is 5.11 Å². The molecule has 230 valence electrons. The standard InChI is InChI=1S/C39H41N2O3P/c1-2-3-26-35(41(38(43)44)39(27-16-17-28-39)29-31-18-8-4-9-19-31)37(42)36(30-40)45(32-20-10-5-11-21-32,33-22-12-6-13-23-33)34-24-14-7-15-25-34/h4-15,18-25,35H,2-3,16-17,26-29H2,1H3,(H,43,44)/t35-/m0/s1. The molecule has 0 aromatic heterocycles. The van der Waals surface area contributed by atoms with Crippen molar-refractivity contribution in [3.05, 3.63) is 127 Å². The molecule has 0 unspecified atom stereocenters. The second kappa shape index (κ2) is 14.6. The Balaban J connectivity index is 1.81. The van der Waals surface area contributed by atoms with Gasteiger partial charge in [-0.25, -0.2) is 4.79 Å². The number of unbranched alkanes of at least 4 members (excludes halogenated alkanes) is 1. The molecule has 4 aromatic rings. The number of carbonyl (C=O) groups is 2. The van der Waals surface area contributed by atoms with Gasteiger partial charge in [0.1, 0.15) is 11.4 Å². The Labute approximate surface area is 267 Å². The Bertz CT molecular complexity index is 1570. The molecule has 0 aliphatic heterocycles. The van der Waals surface area contributed by atoms with E-state index in [2.05, 4.69) is 6.07 Å². The van der Waals surface area contributed by atoms with Crippen molar-refractivity contribution < 1.29 is 14.7 Å². The summed E-state index contributed by atoms with van der Waals surface area (Å²) in [5.74, 6) is -0.377. The molecule has 1 fully saturated rings. The van der Waals surface area contributed by atoms with Gasteiger partial charge in [0.15, 0.2) is 5.78 Å². The van der Waals surface area contributed by atoms with Gasteiger partial charge in [-0.1, -0.05) is 154 Å². The predicted octanol–water partition coefficient (Wildman–Crippen LogP) is 7.34. The van der Waals surface area contributed by atoms with Gasteiger partial charge in [0.25, 0.3) is 0 Å². The fraction of sp³-hybridized carbons (Fsp3) is 0.282. The maximum atomic E-state index is 15.3. The monoisotopic (exact) mass is 616 g/mol. The number of nitrogens with zero attached hydrogens (tertiary/aromatic N) is 2. The van der Waals surface area contributed by atoms with E-state index >= 15 is 4.79 Å². The van der Waals surface area contributed by atoms with Crippen LogP contribution in [-0.4, -0.2) is 38.8 Å². The molecular weight excluding hydrogens is 575 g/mol. The molecule has 0 saturated heterocycles. The van der Waals surface area contributed by atoms with Crippen LogP contribution in [0.1, 0.15) is 57.4 Å². The average Bonchev–Trinajstić information content (AvgIpc) is 3.55. The van der Waals surface area contributed by atoms with Crippen LogP contribution in [0, 0.1) is 11.3 Å². The number of carboxylic acid groups (broad SMARTS) is 1. The van der Waals surface area contributed by atoms with E-state index in [0.717, 1.165) is 40.7 Å². The van der Waals surface area contributed by atoms with Crippen LogP contribution in [0.3, 0.4) is 0 Å². The van der Waals surface area contributed by atoms with Crippen molar-refractivity contribution in [2.75, 3.05) is 0 Å². The van der Waals surface area contributed by atoms with Crippen molar-refractivity contribution in [2.45, 2.75) is 69.9 Å². The Morgan fingerprint density at radius 2 is 1.24 bits per heavy atom. The summed E-state index contributed by atoms with van der Waals surface area (Å²) in [6.45, 7) is -0.961.